The van der Waals surface area contributed by atoms with E-state index in [0.29, 0.717) is 0 Å². The van der Waals surface area contributed by atoms with Crippen LogP contribution in [0.4, 0.5) is 5.69 Å². The van der Waals surface area contributed by atoms with Gasteiger partial charge in [0.2, 0.25) is 0 Å². The first-order valence-corrected chi connectivity index (χ1v) is 5.91. The van der Waals surface area contributed by atoms with Crippen LogP contribution in [0.25, 0.3) is 0 Å². The number of ether oxygens (including phenoxy) is 1. The Bertz CT molecular complexity index is 298. The topological polar surface area (TPSA) is 24.5 Å². The fraction of sp³-hybridized carbons (Fsp3) is 0.538. The summed E-state index contributed by atoms with van der Waals surface area (Å²) in [6, 6.07) is 8.01. The van der Waals surface area contributed by atoms with Gasteiger partial charge in [0.15, 0.2) is 0 Å². The summed E-state index contributed by atoms with van der Waals surface area (Å²) in [5.41, 5.74) is 1.07. The molecule has 0 aliphatic rings. The van der Waals surface area contributed by atoms with Crippen molar-refractivity contribution in [2.45, 2.75) is 13.8 Å². The number of rotatable bonds is 7. The van der Waals surface area contributed by atoms with Gasteiger partial charge in [-0.1, -0.05) is 26.0 Å². The summed E-state index contributed by atoms with van der Waals surface area (Å²) in [7, 11) is 1.70. The molecule has 0 unspecified atom stereocenters. The summed E-state index contributed by atoms with van der Waals surface area (Å²) >= 11 is 0. The molecule has 0 radical (unpaired) electrons. The Balaban J connectivity index is 2.42. The van der Waals surface area contributed by atoms with Crippen LogP contribution >= 0.6 is 0 Å². The molecule has 0 aromatic heterocycles. The maximum atomic E-state index is 5.28. The molecule has 0 atom stereocenters. The lowest BCUT2D eigenvalue weighted by Crippen LogP contribution is -2.28. The van der Waals surface area contributed by atoms with Crippen molar-refractivity contribution in [3.63, 3.8) is 0 Å². The maximum absolute atomic E-state index is 5.28. The van der Waals surface area contributed by atoms with Crippen molar-refractivity contribution < 1.29 is 4.74 Å². The number of benzene rings is 1. The van der Waals surface area contributed by atoms with E-state index in [0.717, 1.165) is 37.6 Å². The van der Waals surface area contributed by atoms with Gasteiger partial charge in [-0.25, -0.2) is 0 Å². The first kappa shape index (κ1) is 12.8. The molecule has 3 nitrogen and oxygen atoms in total. The van der Waals surface area contributed by atoms with E-state index >= 15 is 0 Å². The Labute approximate surface area is 98.4 Å². The number of methoxy groups -OCH3 is 1. The summed E-state index contributed by atoms with van der Waals surface area (Å²) in [4.78, 5) is 2.39. The normalized spacial score (nSPS) is 10.5. The third-order valence-corrected chi connectivity index (χ3v) is 2.74. The molecule has 1 N–H and O–H groups in total. The number of anilines is 1. The van der Waals surface area contributed by atoms with Gasteiger partial charge in [0.05, 0.1) is 12.8 Å². The van der Waals surface area contributed by atoms with Crippen molar-refractivity contribution in [1.82, 2.24) is 4.90 Å². The molecule has 0 saturated heterocycles. The van der Waals surface area contributed by atoms with Crippen LogP contribution in [0.5, 0.6) is 5.75 Å². The fourth-order valence-corrected chi connectivity index (χ4v) is 1.68. The number of para-hydroxylation sites is 2. The van der Waals surface area contributed by atoms with E-state index in [9.17, 15) is 0 Å². The van der Waals surface area contributed by atoms with Gasteiger partial charge >= 0.3 is 0 Å². The number of hydrogen-bond acceptors (Lipinski definition) is 3. The molecule has 0 amide bonds. The highest BCUT2D eigenvalue weighted by molar-refractivity contribution is 5.56. The Morgan fingerprint density at radius 2 is 1.88 bits per heavy atom. The molecule has 0 heterocycles. The molecule has 0 bridgehead atoms. The average Bonchev–Trinajstić information content (AvgIpc) is 2.35. The minimum Gasteiger partial charge on any atom is -0.495 e. The van der Waals surface area contributed by atoms with Gasteiger partial charge in [-0.15, -0.1) is 0 Å². The molecule has 0 fully saturated rings. The second-order valence-corrected chi connectivity index (χ2v) is 3.65. The summed E-state index contributed by atoms with van der Waals surface area (Å²) in [5.74, 6) is 0.905. The van der Waals surface area contributed by atoms with Gasteiger partial charge in [0.1, 0.15) is 5.75 Å². The Morgan fingerprint density at radius 1 is 1.19 bits per heavy atom. The van der Waals surface area contributed by atoms with Gasteiger partial charge in [0.25, 0.3) is 0 Å². The van der Waals surface area contributed by atoms with Crippen molar-refractivity contribution in [3.05, 3.63) is 24.3 Å². The van der Waals surface area contributed by atoms with Crippen molar-refractivity contribution in [2.24, 2.45) is 0 Å². The first-order valence-electron chi connectivity index (χ1n) is 5.91. The SMILES string of the molecule is CCN(CC)CCNc1ccccc1OC. The van der Waals surface area contributed by atoms with E-state index in [-0.39, 0.29) is 0 Å². The Kier molecular flexibility index (Phi) is 5.72. The number of likely N-dealkylation sites (N-methyl/N-ethyl adjacent to an activating group) is 1. The molecule has 0 spiro atoms. The summed E-state index contributed by atoms with van der Waals surface area (Å²) in [5, 5.41) is 3.40. The fourth-order valence-electron chi connectivity index (χ4n) is 1.68. The monoisotopic (exact) mass is 222 g/mol. The predicted molar refractivity (Wildman–Crippen MR) is 69.3 cm³/mol. The third kappa shape index (κ3) is 3.74. The molecule has 90 valence electrons. The maximum Gasteiger partial charge on any atom is 0.141 e. The van der Waals surface area contributed by atoms with Gasteiger partial charge in [-0.2, -0.15) is 0 Å². The smallest absolute Gasteiger partial charge is 0.141 e. The lowest BCUT2D eigenvalue weighted by molar-refractivity contribution is 0.316. The molecule has 1 aromatic rings. The lowest BCUT2D eigenvalue weighted by atomic mass is 10.3. The molecule has 3 heteroatoms. The second kappa shape index (κ2) is 7.12. The van der Waals surface area contributed by atoms with Crippen molar-refractivity contribution >= 4 is 5.69 Å². The minimum absolute atomic E-state index is 0.905. The van der Waals surface area contributed by atoms with Crippen LogP contribution in [-0.4, -0.2) is 38.2 Å². The minimum atomic E-state index is 0.905. The standard InChI is InChI=1S/C13H22N2O/c1-4-15(5-2)11-10-14-12-8-6-7-9-13(12)16-3/h6-9,14H,4-5,10-11H2,1-3H3. The summed E-state index contributed by atoms with van der Waals surface area (Å²) in [6.07, 6.45) is 0. The van der Waals surface area contributed by atoms with E-state index < -0.39 is 0 Å². The largest absolute Gasteiger partial charge is 0.495 e. The van der Waals surface area contributed by atoms with Crippen molar-refractivity contribution in [2.75, 3.05) is 38.6 Å². The lowest BCUT2D eigenvalue weighted by Gasteiger charge is -2.19. The van der Waals surface area contributed by atoms with Crippen LogP contribution in [0.1, 0.15) is 13.8 Å². The number of nitrogens with one attached hydrogen (secondary N) is 1. The molecule has 0 aliphatic heterocycles. The van der Waals surface area contributed by atoms with Crippen LogP contribution in [-0.2, 0) is 0 Å². The number of nitrogens with zero attached hydrogens (tertiary/aromatic N) is 1. The van der Waals surface area contributed by atoms with Crippen LogP contribution in [0.2, 0.25) is 0 Å². The van der Waals surface area contributed by atoms with E-state index in [4.69, 9.17) is 4.74 Å². The first-order chi connectivity index (χ1) is 7.81. The van der Waals surface area contributed by atoms with Crippen LogP contribution in [0.3, 0.4) is 0 Å². The van der Waals surface area contributed by atoms with E-state index in [1.165, 1.54) is 0 Å². The zero-order valence-electron chi connectivity index (χ0n) is 10.5. The van der Waals surface area contributed by atoms with E-state index in [1.54, 1.807) is 7.11 Å². The average molecular weight is 222 g/mol. The molecule has 0 aliphatic carbocycles. The van der Waals surface area contributed by atoms with Crippen molar-refractivity contribution in [3.8, 4) is 5.75 Å². The van der Waals surface area contributed by atoms with Crippen LogP contribution < -0.4 is 10.1 Å². The second-order valence-electron chi connectivity index (χ2n) is 3.65. The van der Waals surface area contributed by atoms with Crippen LogP contribution in [0, 0.1) is 0 Å². The number of hydrogen-bond donors (Lipinski definition) is 1. The zero-order chi connectivity index (χ0) is 11.8. The van der Waals surface area contributed by atoms with Gasteiger partial charge in [-0.05, 0) is 25.2 Å². The molecule has 0 saturated carbocycles. The summed E-state index contributed by atoms with van der Waals surface area (Å²) in [6.45, 7) is 8.58. The quantitative estimate of drug-likeness (QED) is 0.767. The van der Waals surface area contributed by atoms with Crippen LogP contribution in [0.15, 0.2) is 24.3 Å². The predicted octanol–water partition coefficient (Wildman–Crippen LogP) is 2.45. The Hall–Kier alpha value is -1.22. The highest BCUT2D eigenvalue weighted by Crippen LogP contribution is 2.22. The molecular formula is C13H22N2O. The molecule has 16 heavy (non-hydrogen) atoms. The van der Waals surface area contributed by atoms with Gasteiger partial charge < -0.3 is 15.0 Å². The zero-order valence-corrected chi connectivity index (χ0v) is 10.5. The highest BCUT2D eigenvalue weighted by atomic mass is 16.5. The molecule has 1 aromatic carbocycles. The summed E-state index contributed by atoms with van der Waals surface area (Å²) < 4.78 is 5.28. The van der Waals surface area contributed by atoms with Gasteiger partial charge in [0, 0.05) is 13.1 Å². The van der Waals surface area contributed by atoms with Gasteiger partial charge in [-0.3, -0.25) is 0 Å². The Morgan fingerprint density at radius 3 is 2.50 bits per heavy atom. The molecular weight excluding hydrogens is 200 g/mol. The molecule has 1 rings (SSSR count). The third-order valence-electron chi connectivity index (χ3n) is 2.74. The van der Waals surface area contributed by atoms with E-state index in [1.807, 2.05) is 24.3 Å². The van der Waals surface area contributed by atoms with E-state index in [2.05, 4.69) is 24.1 Å². The van der Waals surface area contributed by atoms with Crippen molar-refractivity contribution in [1.29, 1.82) is 0 Å². The highest BCUT2D eigenvalue weighted by Gasteiger charge is 2.01.